The molecule has 1 unspecified atom stereocenters. The molecule has 1 aliphatic rings. The van der Waals surface area contributed by atoms with E-state index >= 15 is 0 Å². The van der Waals surface area contributed by atoms with E-state index in [0.717, 1.165) is 18.8 Å². The third-order valence-electron chi connectivity index (χ3n) is 3.90. The van der Waals surface area contributed by atoms with Crippen LogP contribution in [0.5, 0.6) is 5.88 Å². The van der Waals surface area contributed by atoms with E-state index in [4.69, 9.17) is 4.74 Å². The van der Waals surface area contributed by atoms with Crippen molar-refractivity contribution in [3.05, 3.63) is 17.8 Å². The van der Waals surface area contributed by atoms with Crippen LogP contribution in [-0.2, 0) is 6.54 Å². The van der Waals surface area contributed by atoms with Gasteiger partial charge in [-0.25, -0.2) is 0 Å². The minimum Gasteiger partial charge on any atom is -0.475 e. The third kappa shape index (κ3) is 5.59. The van der Waals surface area contributed by atoms with Crippen molar-refractivity contribution in [2.24, 2.45) is 5.92 Å². The number of piperidine rings is 1. The molecule has 1 aliphatic heterocycles. The van der Waals surface area contributed by atoms with Crippen LogP contribution in [0.3, 0.4) is 0 Å². The summed E-state index contributed by atoms with van der Waals surface area (Å²) in [5, 5.41) is 11.7. The molecule has 0 aromatic carbocycles. The molecule has 0 spiro atoms. The molecule has 2 heterocycles. The molecule has 0 aliphatic carbocycles. The van der Waals surface area contributed by atoms with Crippen molar-refractivity contribution in [3.63, 3.8) is 0 Å². The number of rotatable bonds is 7. The lowest BCUT2D eigenvalue weighted by atomic mass is 10.0. The van der Waals surface area contributed by atoms with Gasteiger partial charge >= 0.3 is 0 Å². The molecule has 0 amide bonds. The van der Waals surface area contributed by atoms with Crippen LogP contribution in [-0.4, -0.2) is 47.9 Å². The van der Waals surface area contributed by atoms with Crippen LogP contribution >= 0.6 is 0 Å². The average Bonchev–Trinajstić information content (AvgIpc) is 2.47. The number of aromatic nitrogens is 2. The first kappa shape index (κ1) is 16.2. The summed E-state index contributed by atoms with van der Waals surface area (Å²) >= 11 is 0. The van der Waals surface area contributed by atoms with Gasteiger partial charge in [0.2, 0.25) is 5.88 Å². The Bertz CT molecular complexity index is 407. The Morgan fingerprint density at radius 2 is 2.19 bits per heavy atom. The maximum absolute atomic E-state index is 5.78. The molecule has 1 aromatic heterocycles. The van der Waals surface area contributed by atoms with Gasteiger partial charge in [0.15, 0.2) is 0 Å². The number of hydrogen-bond donors (Lipinski definition) is 1. The second-order valence-electron chi connectivity index (χ2n) is 6.33. The van der Waals surface area contributed by atoms with Crippen LogP contribution in [0.4, 0.5) is 0 Å². The first-order valence-corrected chi connectivity index (χ1v) is 8.01. The Morgan fingerprint density at radius 3 is 2.86 bits per heavy atom. The summed E-state index contributed by atoms with van der Waals surface area (Å²) in [5.74, 6) is 1.27. The van der Waals surface area contributed by atoms with Crippen LogP contribution in [0.15, 0.2) is 12.1 Å². The summed E-state index contributed by atoms with van der Waals surface area (Å²) in [6.45, 7) is 8.01. The van der Waals surface area contributed by atoms with Crippen molar-refractivity contribution in [2.45, 2.75) is 45.7 Å². The van der Waals surface area contributed by atoms with Crippen LogP contribution in [0.25, 0.3) is 0 Å². The van der Waals surface area contributed by atoms with E-state index in [0.29, 0.717) is 24.4 Å². The molecular weight excluding hydrogens is 264 g/mol. The predicted molar refractivity (Wildman–Crippen MR) is 84.3 cm³/mol. The fourth-order valence-corrected chi connectivity index (χ4v) is 2.54. The highest BCUT2D eigenvalue weighted by Gasteiger charge is 2.19. The summed E-state index contributed by atoms with van der Waals surface area (Å²) in [5.41, 5.74) is 0.956. The molecule has 0 saturated carbocycles. The summed E-state index contributed by atoms with van der Waals surface area (Å²) in [6.07, 6.45) is 3.80. The fourth-order valence-electron chi connectivity index (χ4n) is 2.54. The molecule has 1 atom stereocenters. The zero-order valence-electron chi connectivity index (χ0n) is 13.5. The fraction of sp³-hybridized carbons (Fsp3) is 0.750. The number of likely N-dealkylation sites (tertiary alicyclic amines) is 1. The van der Waals surface area contributed by atoms with E-state index in [-0.39, 0.29) is 0 Å². The smallest absolute Gasteiger partial charge is 0.233 e. The van der Waals surface area contributed by atoms with Gasteiger partial charge in [-0.05, 0) is 45.0 Å². The Labute approximate surface area is 128 Å². The highest BCUT2D eigenvalue weighted by Crippen LogP contribution is 2.16. The monoisotopic (exact) mass is 292 g/mol. The van der Waals surface area contributed by atoms with E-state index in [1.54, 1.807) is 0 Å². The molecule has 1 fully saturated rings. The topological polar surface area (TPSA) is 50.3 Å². The van der Waals surface area contributed by atoms with Crippen molar-refractivity contribution in [2.75, 3.05) is 26.7 Å². The molecule has 1 N–H and O–H groups in total. The van der Waals surface area contributed by atoms with E-state index in [1.807, 2.05) is 12.1 Å². The van der Waals surface area contributed by atoms with Gasteiger partial charge in [-0.1, -0.05) is 20.3 Å². The highest BCUT2D eigenvalue weighted by molar-refractivity contribution is 5.11. The highest BCUT2D eigenvalue weighted by atomic mass is 16.5. The predicted octanol–water partition coefficient (Wildman–Crippen LogP) is 2.09. The largest absolute Gasteiger partial charge is 0.475 e. The maximum atomic E-state index is 5.78. The molecule has 0 bridgehead atoms. The van der Waals surface area contributed by atoms with Crippen LogP contribution in [0.2, 0.25) is 0 Å². The summed E-state index contributed by atoms with van der Waals surface area (Å²) in [6, 6.07) is 4.41. The van der Waals surface area contributed by atoms with Gasteiger partial charge < -0.3 is 15.0 Å². The molecule has 5 nitrogen and oxygen atoms in total. The number of likely N-dealkylation sites (N-methyl/N-ethyl adjacent to an activating group) is 1. The first-order chi connectivity index (χ1) is 10.1. The quantitative estimate of drug-likeness (QED) is 0.834. The standard InChI is InChI=1S/C16H28N4O/c1-13(2)10-17-11-14-7-8-16(19-18-14)21-12-15-6-4-5-9-20(15)3/h7-8,13,15,17H,4-6,9-12H2,1-3H3. The Kier molecular flexibility index (Phi) is 6.39. The van der Waals surface area contributed by atoms with Gasteiger partial charge in [0.05, 0.1) is 5.69 Å². The van der Waals surface area contributed by atoms with Crippen LogP contribution in [0, 0.1) is 5.92 Å². The van der Waals surface area contributed by atoms with Gasteiger partial charge in [-0.15, -0.1) is 5.10 Å². The molecule has 0 radical (unpaired) electrons. The van der Waals surface area contributed by atoms with Crippen molar-refractivity contribution in [3.8, 4) is 5.88 Å². The maximum Gasteiger partial charge on any atom is 0.233 e. The molecule has 21 heavy (non-hydrogen) atoms. The van der Waals surface area contributed by atoms with Crippen LogP contribution in [0.1, 0.15) is 38.8 Å². The van der Waals surface area contributed by atoms with Crippen molar-refractivity contribution < 1.29 is 4.74 Å². The second-order valence-corrected chi connectivity index (χ2v) is 6.33. The molecule has 2 rings (SSSR count). The SMILES string of the molecule is CC(C)CNCc1ccc(OCC2CCCCN2C)nn1. The van der Waals surface area contributed by atoms with Gasteiger partial charge in [0, 0.05) is 18.7 Å². The van der Waals surface area contributed by atoms with Crippen molar-refractivity contribution in [1.29, 1.82) is 0 Å². The molecule has 1 saturated heterocycles. The van der Waals surface area contributed by atoms with E-state index in [1.165, 1.54) is 25.8 Å². The van der Waals surface area contributed by atoms with E-state index in [9.17, 15) is 0 Å². The number of nitrogens with zero attached hydrogens (tertiary/aromatic N) is 3. The lowest BCUT2D eigenvalue weighted by Crippen LogP contribution is -2.40. The Morgan fingerprint density at radius 1 is 1.33 bits per heavy atom. The van der Waals surface area contributed by atoms with Crippen LogP contribution < -0.4 is 10.1 Å². The second kappa shape index (κ2) is 8.29. The first-order valence-electron chi connectivity index (χ1n) is 8.01. The van der Waals surface area contributed by atoms with Gasteiger partial charge in [-0.2, -0.15) is 5.10 Å². The minimum absolute atomic E-state index is 0.507. The zero-order chi connectivity index (χ0) is 15.1. The van der Waals surface area contributed by atoms with Gasteiger partial charge in [0.1, 0.15) is 6.61 Å². The zero-order valence-corrected chi connectivity index (χ0v) is 13.5. The lowest BCUT2D eigenvalue weighted by Gasteiger charge is -2.31. The molecule has 5 heteroatoms. The summed E-state index contributed by atoms with van der Waals surface area (Å²) in [4.78, 5) is 2.38. The summed E-state index contributed by atoms with van der Waals surface area (Å²) in [7, 11) is 2.17. The molecule has 1 aromatic rings. The number of ether oxygens (including phenoxy) is 1. The minimum atomic E-state index is 0.507. The normalized spacial score (nSPS) is 19.9. The lowest BCUT2D eigenvalue weighted by molar-refractivity contribution is 0.122. The van der Waals surface area contributed by atoms with Gasteiger partial charge in [-0.3, -0.25) is 0 Å². The number of nitrogens with one attached hydrogen (secondary N) is 1. The molecular formula is C16H28N4O. The molecule has 118 valence electrons. The number of hydrogen-bond acceptors (Lipinski definition) is 5. The van der Waals surface area contributed by atoms with Crippen molar-refractivity contribution in [1.82, 2.24) is 20.4 Å². The Hall–Kier alpha value is -1.20. The van der Waals surface area contributed by atoms with E-state index < -0.39 is 0 Å². The van der Waals surface area contributed by atoms with E-state index in [2.05, 4.69) is 41.3 Å². The third-order valence-corrected chi connectivity index (χ3v) is 3.90. The Balaban J connectivity index is 1.74. The summed E-state index contributed by atoms with van der Waals surface area (Å²) < 4.78 is 5.78. The van der Waals surface area contributed by atoms with Gasteiger partial charge in [0.25, 0.3) is 0 Å². The average molecular weight is 292 g/mol. The van der Waals surface area contributed by atoms with Crippen molar-refractivity contribution >= 4 is 0 Å².